The van der Waals surface area contributed by atoms with Crippen LogP contribution in [0.25, 0.3) is 0 Å². The molecule has 5 heteroatoms. The first kappa shape index (κ1) is 15.2. The average Bonchev–Trinajstić information content (AvgIpc) is 2.44. The fourth-order valence-electron chi connectivity index (χ4n) is 2.36. The van der Waals surface area contributed by atoms with Gasteiger partial charge in [0.2, 0.25) is 5.95 Å². The van der Waals surface area contributed by atoms with Gasteiger partial charge in [-0.15, -0.1) is 0 Å². The smallest absolute Gasteiger partial charge is 0.223 e. The van der Waals surface area contributed by atoms with Crippen LogP contribution in [0.15, 0.2) is 6.07 Å². The molecule has 0 spiro atoms. The molecule has 1 aliphatic rings. The van der Waals surface area contributed by atoms with Crippen LogP contribution in [-0.2, 0) is 4.74 Å². The molecule has 0 saturated carbocycles. The summed E-state index contributed by atoms with van der Waals surface area (Å²) in [6, 6.07) is 2.05. The lowest BCUT2D eigenvalue weighted by molar-refractivity contribution is -0.0192. The fourth-order valence-corrected chi connectivity index (χ4v) is 2.36. The number of anilines is 1. The predicted molar refractivity (Wildman–Crippen MR) is 81.2 cm³/mol. The minimum Gasteiger partial charge on any atom is -0.374 e. The number of aromatic nitrogens is 2. The molecule has 0 aromatic carbocycles. The summed E-state index contributed by atoms with van der Waals surface area (Å²) in [5.41, 5.74) is 2.09. The highest BCUT2D eigenvalue weighted by molar-refractivity contribution is 5.29. The number of morpholine rings is 1. The van der Waals surface area contributed by atoms with Gasteiger partial charge in [-0.25, -0.2) is 9.97 Å². The van der Waals surface area contributed by atoms with E-state index in [9.17, 15) is 0 Å². The minimum absolute atomic E-state index is 0.218. The maximum atomic E-state index is 5.78. The summed E-state index contributed by atoms with van der Waals surface area (Å²) in [4.78, 5) is 11.4. The number of nitrogens with one attached hydrogen (secondary N) is 1. The molecule has 112 valence electrons. The number of ether oxygens (including phenoxy) is 1. The van der Waals surface area contributed by atoms with E-state index < -0.39 is 0 Å². The molecule has 0 radical (unpaired) electrons. The largest absolute Gasteiger partial charge is 0.374 e. The van der Waals surface area contributed by atoms with Crippen LogP contribution in [0.2, 0.25) is 0 Å². The molecule has 2 rings (SSSR count). The van der Waals surface area contributed by atoms with Crippen molar-refractivity contribution >= 4 is 5.95 Å². The Morgan fingerprint density at radius 1 is 1.45 bits per heavy atom. The average molecular weight is 278 g/mol. The molecule has 1 aliphatic heterocycles. The normalized spacial score (nSPS) is 20.4. The Morgan fingerprint density at radius 2 is 2.25 bits per heavy atom. The van der Waals surface area contributed by atoms with Crippen LogP contribution < -0.4 is 5.32 Å². The minimum atomic E-state index is 0.218. The highest BCUT2D eigenvalue weighted by Gasteiger charge is 2.19. The SMILES string of the molecule is CCN1CCOC(CNc2nc(C)cc(C(C)C)n2)C1. The van der Waals surface area contributed by atoms with Crippen molar-refractivity contribution in [2.75, 3.05) is 38.1 Å². The highest BCUT2D eigenvalue weighted by Crippen LogP contribution is 2.14. The number of likely N-dealkylation sites (N-methyl/N-ethyl adjacent to an activating group) is 1. The van der Waals surface area contributed by atoms with Crippen molar-refractivity contribution in [3.8, 4) is 0 Å². The van der Waals surface area contributed by atoms with Crippen LogP contribution in [0.3, 0.4) is 0 Å². The Morgan fingerprint density at radius 3 is 2.95 bits per heavy atom. The van der Waals surface area contributed by atoms with Crippen molar-refractivity contribution in [3.63, 3.8) is 0 Å². The van der Waals surface area contributed by atoms with Crippen molar-refractivity contribution in [3.05, 3.63) is 17.5 Å². The maximum Gasteiger partial charge on any atom is 0.223 e. The van der Waals surface area contributed by atoms with Crippen LogP contribution in [-0.4, -0.2) is 53.8 Å². The maximum absolute atomic E-state index is 5.78. The molecule has 1 aromatic rings. The summed E-state index contributed by atoms with van der Waals surface area (Å²) in [5.74, 6) is 1.13. The Hall–Kier alpha value is -1.20. The van der Waals surface area contributed by atoms with E-state index in [2.05, 4.69) is 41.0 Å². The van der Waals surface area contributed by atoms with Crippen LogP contribution >= 0.6 is 0 Å². The lowest BCUT2D eigenvalue weighted by Crippen LogP contribution is -2.45. The van der Waals surface area contributed by atoms with Gasteiger partial charge in [0.15, 0.2) is 0 Å². The van der Waals surface area contributed by atoms with E-state index in [0.29, 0.717) is 11.9 Å². The summed E-state index contributed by atoms with van der Waals surface area (Å²) in [5, 5.41) is 3.32. The third-order valence-corrected chi connectivity index (χ3v) is 3.62. The van der Waals surface area contributed by atoms with E-state index in [-0.39, 0.29) is 6.10 Å². The summed E-state index contributed by atoms with van der Waals surface area (Å²) in [6.07, 6.45) is 0.218. The number of rotatable bonds is 5. The zero-order valence-corrected chi connectivity index (χ0v) is 13.0. The number of aryl methyl sites for hydroxylation is 1. The molecule has 0 amide bonds. The van der Waals surface area contributed by atoms with Gasteiger partial charge in [0, 0.05) is 31.0 Å². The lowest BCUT2D eigenvalue weighted by Gasteiger charge is -2.32. The zero-order valence-electron chi connectivity index (χ0n) is 13.0. The monoisotopic (exact) mass is 278 g/mol. The van der Waals surface area contributed by atoms with Crippen LogP contribution in [0.5, 0.6) is 0 Å². The molecule has 2 heterocycles. The Kier molecular flexibility index (Phi) is 5.31. The molecule has 1 N–H and O–H groups in total. The summed E-state index contributed by atoms with van der Waals surface area (Å²) >= 11 is 0. The quantitative estimate of drug-likeness (QED) is 0.893. The number of nitrogens with zero attached hydrogens (tertiary/aromatic N) is 3. The van der Waals surface area contributed by atoms with Gasteiger partial charge in [0.25, 0.3) is 0 Å². The molecular formula is C15H26N4O. The highest BCUT2D eigenvalue weighted by atomic mass is 16.5. The molecule has 1 atom stereocenters. The van der Waals surface area contributed by atoms with Crippen LogP contribution in [0.4, 0.5) is 5.95 Å². The molecule has 1 saturated heterocycles. The molecule has 0 bridgehead atoms. The second kappa shape index (κ2) is 6.99. The van der Waals surface area contributed by atoms with Crippen molar-refractivity contribution in [2.24, 2.45) is 0 Å². The molecular weight excluding hydrogens is 252 g/mol. The van der Waals surface area contributed by atoms with Gasteiger partial charge in [-0.3, -0.25) is 4.90 Å². The van der Waals surface area contributed by atoms with Gasteiger partial charge < -0.3 is 10.1 Å². The summed E-state index contributed by atoms with van der Waals surface area (Å²) in [7, 11) is 0. The summed E-state index contributed by atoms with van der Waals surface area (Å²) in [6.45, 7) is 13.2. The van der Waals surface area contributed by atoms with Crippen molar-refractivity contribution in [2.45, 2.75) is 39.7 Å². The first-order chi connectivity index (χ1) is 9.58. The lowest BCUT2D eigenvalue weighted by atomic mass is 10.1. The van der Waals surface area contributed by atoms with E-state index in [4.69, 9.17) is 4.74 Å². The van der Waals surface area contributed by atoms with Gasteiger partial charge in [0.05, 0.1) is 12.7 Å². The number of hydrogen-bond donors (Lipinski definition) is 1. The standard InChI is InChI=1S/C15H26N4O/c1-5-19-6-7-20-13(10-19)9-16-15-17-12(4)8-14(18-15)11(2)3/h8,11,13H,5-7,9-10H2,1-4H3,(H,16,17,18). The van der Waals surface area contributed by atoms with Gasteiger partial charge in [-0.1, -0.05) is 20.8 Å². The first-order valence-electron chi connectivity index (χ1n) is 7.52. The van der Waals surface area contributed by atoms with E-state index in [1.165, 1.54) is 0 Å². The second-order valence-corrected chi connectivity index (χ2v) is 5.68. The molecule has 1 unspecified atom stereocenters. The van der Waals surface area contributed by atoms with E-state index >= 15 is 0 Å². The summed E-state index contributed by atoms with van der Waals surface area (Å²) < 4.78 is 5.78. The van der Waals surface area contributed by atoms with Crippen molar-refractivity contribution in [1.82, 2.24) is 14.9 Å². The molecule has 1 fully saturated rings. The van der Waals surface area contributed by atoms with E-state index in [0.717, 1.165) is 44.2 Å². The van der Waals surface area contributed by atoms with Gasteiger partial charge >= 0.3 is 0 Å². The predicted octanol–water partition coefficient (Wildman–Crippen LogP) is 2.04. The van der Waals surface area contributed by atoms with Gasteiger partial charge in [-0.05, 0) is 25.5 Å². The fraction of sp³-hybridized carbons (Fsp3) is 0.733. The first-order valence-corrected chi connectivity index (χ1v) is 7.52. The second-order valence-electron chi connectivity index (χ2n) is 5.68. The van der Waals surface area contributed by atoms with Gasteiger partial charge in [-0.2, -0.15) is 0 Å². The molecule has 1 aromatic heterocycles. The Bertz CT molecular complexity index is 436. The van der Waals surface area contributed by atoms with Crippen molar-refractivity contribution < 1.29 is 4.74 Å². The third-order valence-electron chi connectivity index (χ3n) is 3.62. The molecule has 0 aliphatic carbocycles. The Balaban J connectivity index is 1.93. The van der Waals surface area contributed by atoms with E-state index in [1.807, 2.05) is 13.0 Å². The van der Waals surface area contributed by atoms with Crippen LogP contribution in [0, 0.1) is 6.92 Å². The number of hydrogen-bond acceptors (Lipinski definition) is 5. The third kappa shape index (κ3) is 4.15. The topological polar surface area (TPSA) is 50.3 Å². The molecule has 5 nitrogen and oxygen atoms in total. The Labute approximate surface area is 121 Å². The zero-order chi connectivity index (χ0) is 14.5. The van der Waals surface area contributed by atoms with Gasteiger partial charge in [0.1, 0.15) is 0 Å². The van der Waals surface area contributed by atoms with Crippen molar-refractivity contribution in [1.29, 1.82) is 0 Å². The van der Waals surface area contributed by atoms with E-state index in [1.54, 1.807) is 0 Å². The van der Waals surface area contributed by atoms with Crippen LogP contribution in [0.1, 0.15) is 38.1 Å². The molecule has 20 heavy (non-hydrogen) atoms.